The molecular formula is C30H43N9O4. The van der Waals surface area contributed by atoms with Crippen molar-refractivity contribution < 1.29 is 19.0 Å². The highest BCUT2D eigenvalue weighted by atomic mass is 16.5. The first-order valence-corrected chi connectivity index (χ1v) is 15.1. The minimum atomic E-state index is 0.304. The predicted octanol–water partition coefficient (Wildman–Crippen LogP) is 2.16. The Bertz CT molecular complexity index is 1500. The van der Waals surface area contributed by atoms with E-state index in [0.29, 0.717) is 67.5 Å². The summed E-state index contributed by atoms with van der Waals surface area (Å²) in [5.74, 6) is 2.15. The molecule has 13 heteroatoms. The summed E-state index contributed by atoms with van der Waals surface area (Å²) in [5, 5.41) is 0. The van der Waals surface area contributed by atoms with Gasteiger partial charge in [0.2, 0.25) is 5.95 Å². The molecule has 0 saturated carbocycles. The summed E-state index contributed by atoms with van der Waals surface area (Å²) in [6, 6.07) is 8.64. The molecule has 13 nitrogen and oxygen atoms in total. The molecule has 0 N–H and O–H groups in total. The van der Waals surface area contributed by atoms with Gasteiger partial charge in [0.05, 0.1) is 37.5 Å². The van der Waals surface area contributed by atoms with E-state index in [0.717, 1.165) is 49.7 Å². The highest BCUT2D eigenvalue weighted by Gasteiger charge is 2.30. The largest absolute Gasteiger partial charge is 0.379 e. The van der Waals surface area contributed by atoms with Gasteiger partial charge in [-0.15, -0.1) is 0 Å². The lowest BCUT2D eigenvalue weighted by Crippen LogP contribution is -2.59. The first-order chi connectivity index (χ1) is 21.1. The van der Waals surface area contributed by atoms with E-state index in [9.17, 15) is 4.79 Å². The molecule has 3 fully saturated rings. The third kappa shape index (κ3) is 6.55. The molecule has 1 aromatic carbocycles. The van der Waals surface area contributed by atoms with Crippen molar-refractivity contribution in [3.8, 4) is 5.95 Å². The molecule has 0 unspecified atom stereocenters. The fourth-order valence-corrected chi connectivity index (χ4v) is 5.62. The van der Waals surface area contributed by atoms with Crippen LogP contribution in [-0.2, 0) is 27.9 Å². The van der Waals surface area contributed by atoms with Crippen LogP contribution in [0.3, 0.4) is 0 Å². The second-order valence-corrected chi connectivity index (χ2v) is 10.6. The summed E-state index contributed by atoms with van der Waals surface area (Å²) >= 11 is 0. The average molecular weight is 594 g/mol. The number of morpholine rings is 2. The Balaban J connectivity index is 0.000000236. The van der Waals surface area contributed by atoms with Gasteiger partial charge < -0.3 is 28.6 Å². The molecule has 0 aliphatic carbocycles. The number of anilines is 1. The number of nitrogens with zero attached hydrogens (tertiary/aromatic N) is 9. The van der Waals surface area contributed by atoms with Crippen LogP contribution in [0.1, 0.15) is 30.3 Å². The van der Waals surface area contributed by atoms with Gasteiger partial charge in [0.1, 0.15) is 12.4 Å². The third-order valence-corrected chi connectivity index (χ3v) is 7.85. The van der Waals surface area contributed by atoms with Gasteiger partial charge in [-0.25, -0.2) is 9.97 Å². The number of likely N-dealkylation sites (N-methyl/N-ethyl adjacent to an activating group) is 1. The van der Waals surface area contributed by atoms with Gasteiger partial charge in [0, 0.05) is 59.5 Å². The lowest BCUT2D eigenvalue weighted by molar-refractivity contribution is -0.0246. The molecule has 3 aromatic heterocycles. The molecule has 3 aliphatic heterocycles. The zero-order valence-electron chi connectivity index (χ0n) is 25.9. The van der Waals surface area contributed by atoms with Crippen LogP contribution < -0.4 is 4.90 Å². The minimum absolute atomic E-state index is 0.304. The van der Waals surface area contributed by atoms with Crippen LogP contribution >= 0.6 is 0 Å². The molecule has 0 atom stereocenters. The van der Waals surface area contributed by atoms with Gasteiger partial charge >= 0.3 is 0 Å². The van der Waals surface area contributed by atoms with E-state index >= 15 is 0 Å². The number of methoxy groups -OCH3 is 1. The van der Waals surface area contributed by atoms with Gasteiger partial charge in [-0.2, -0.15) is 9.97 Å². The lowest BCUT2D eigenvalue weighted by Gasteiger charge is -2.44. The van der Waals surface area contributed by atoms with E-state index in [4.69, 9.17) is 29.2 Å². The summed E-state index contributed by atoms with van der Waals surface area (Å²) < 4.78 is 19.7. The van der Waals surface area contributed by atoms with Crippen LogP contribution in [0, 0.1) is 0 Å². The first kappa shape index (κ1) is 31.0. The fourth-order valence-electron chi connectivity index (χ4n) is 5.62. The van der Waals surface area contributed by atoms with Crippen molar-refractivity contribution in [2.75, 3.05) is 84.8 Å². The Morgan fingerprint density at radius 3 is 2.26 bits per heavy atom. The van der Waals surface area contributed by atoms with E-state index in [2.05, 4.69) is 26.7 Å². The van der Waals surface area contributed by atoms with Gasteiger partial charge in [0.25, 0.3) is 0 Å². The Kier molecular flexibility index (Phi) is 10.3. The summed E-state index contributed by atoms with van der Waals surface area (Å²) in [6.07, 6.45) is 0.730. The number of likely N-dealkylation sites (tertiary alicyclic amines) is 1. The van der Waals surface area contributed by atoms with Crippen molar-refractivity contribution >= 4 is 34.3 Å². The van der Waals surface area contributed by atoms with Crippen LogP contribution in [0.2, 0.25) is 0 Å². The number of hydrogen-bond donors (Lipinski definition) is 0. The highest BCUT2D eigenvalue weighted by Crippen LogP contribution is 2.28. The number of fused-ring (bicyclic) bond motifs is 2. The maximum atomic E-state index is 11.5. The molecule has 0 radical (unpaired) electrons. The molecule has 0 amide bonds. The van der Waals surface area contributed by atoms with Gasteiger partial charge in [-0.1, -0.05) is 26.0 Å². The summed E-state index contributed by atoms with van der Waals surface area (Å²) in [6.45, 7) is 13.5. The Morgan fingerprint density at radius 1 is 0.930 bits per heavy atom. The monoisotopic (exact) mass is 593 g/mol. The lowest BCUT2D eigenvalue weighted by atomic mass is 10.1. The molecule has 0 bridgehead atoms. The number of rotatable bonds is 6. The number of carbonyl (C=O) groups excluding carboxylic acids is 1. The number of aromatic nitrogens is 6. The molecule has 232 valence electrons. The maximum absolute atomic E-state index is 11.5. The zero-order valence-corrected chi connectivity index (χ0v) is 25.9. The predicted molar refractivity (Wildman–Crippen MR) is 165 cm³/mol. The molecule has 4 aromatic rings. The van der Waals surface area contributed by atoms with E-state index < -0.39 is 0 Å². The van der Waals surface area contributed by atoms with Gasteiger partial charge in [-0.3, -0.25) is 14.3 Å². The van der Waals surface area contributed by atoms with Crippen LogP contribution in [-0.4, -0.2) is 131 Å². The third-order valence-electron chi connectivity index (χ3n) is 7.85. The first-order valence-electron chi connectivity index (χ1n) is 15.1. The normalized spacial score (nSPS) is 18.1. The minimum Gasteiger partial charge on any atom is -0.379 e. The van der Waals surface area contributed by atoms with Crippen molar-refractivity contribution in [2.45, 2.75) is 26.5 Å². The highest BCUT2D eigenvalue weighted by molar-refractivity contribution is 5.89. The standard InChI is InChI=1S/C20H21N7O3.C8H16N2O.C2H6/c1-25-15(11-28)22-17-18(25)23-20(24-19(17)26-7-9-30-10-8-26)27-14-6-4-3-5-13(14)21-16(27)12-29-2;1-9-6-8(7-9)10-2-4-11-5-3-10;1-2/h3-6,11H,7-10,12H2,1-2H3;8H,2-7H2,1H3;1-2H3. The number of aldehydes is 1. The summed E-state index contributed by atoms with van der Waals surface area (Å²) in [7, 11) is 5.59. The number of benzene rings is 1. The fraction of sp³-hybridized carbons (Fsp3) is 0.567. The van der Waals surface area contributed by atoms with Crippen LogP contribution in [0.25, 0.3) is 28.1 Å². The molecule has 43 heavy (non-hydrogen) atoms. The zero-order chi connectivity index (χ0) is 30.3. The van der Waals surface area contributed by atoms with E-state index in [1.165, 1.54) is 13.1 Å². The van der Waals surface area contributed by atoms with Crippen molar-refractivity contribution in [1.82, 2.24) is 38.9 Å². The Labute approximate surface area is 252 Å². The van der Waals surface area contributed by atoms with Crippen LogP contribution in [0.15, 0.2) is 24.3 Å². The van der Waals surface area contributed by atoms with Crippen molar-refractivity contribution in [1.29, 1.82) is 0 Å². The van der Waals surface area contributed by atoms with Crippen molar-refractivity contribution in [3.63, 3.8) is 0 Å². The van der Waals surface area contributed by atoms with E-state index in [-0.39, 0.29) is 0 Å². The second-order valence-electron chi connectivity index (χ2n) is 10.6. The number of hydrogen-bond acceptors (Lipinski definition) is 11. The van der Waals surface area contributed by atoms with Crippen LogP contribution in [0.5, 0.6) is 0 Å². The SMILES string of the molecule is CC.CN1CC(N2CCOCC2)C1.COCc1nc2ccccc2n1-c1nc(N2CCOCC2)c2nc(C=O)n(C)c2n1. The molecule has 3 aliphatic rings. The number of para-hydroxylation sites is 2. The molecule has 0 spiro atoms. The summed E-state index contributed by atoms with van der Waals surface area (Å²) in [5.41, 5.74) is 2.90. The maximum Gasteiger partial charge on any atom is 0.239 e. The summed E-state index contributed by atoms with van der Waals surface area (Å²) in [4.78, 5) is 37.4. The quantitative estimate of drug-likeness (QED) is 0.306. The van der Waals surface area contributed by atoms with Gasteiger partial charge in [-0.05, 0) is 19.2 Å². The molecule has 6 heterocycles. The Morgan fingerprint density at radius 2 is 1.60 bits per heavy atom. The van der Waals surface area contributed by atoms with Crippen molar-refractivity contribution in [2.24, 2.45) is 7.05 Å². The van der Waals surface area contributed by atoms with E-state index in [1.807, 2.05) is 42.7 Å². The smallest absolute Gasteiger partial charge is 0.239 e. The molecule has 7 rings (SSSR count). The molecule has 3 saturated heterocycles. The number of aryl methyl sites for hydroxylation is 1. The number of carbonyl (C=O) groups is 1. The van der Waals surface area contributed by atoms with Gasteiger partial charge in [0.15, 0.2) is 29.1 Å². The average Bonchev–Trinajstić information content (AvgIpc) is 3.58. The molecular weight excluding hydrogens is 550 g/mol. The van der Waals surface area contributed by atoms with E-state index in [1.54, 1.807) is 18.7 Å². The Hall–Kier alpha value is -3.49. The number of ether oxygens (including phenoxy) is 3. The van der Waals surface area contributed by atoms with Crippen molar-refractivity contribution in [3.05, 3.63) is 35.9 Å². The van der Waals surface area contributed by atoms with Crippen LogP contribution in [0.4, 0.5) is 5.82 Å². The number of imidazole rings is 2. The topological polar surface area (TPSA) is 116 Å². The second kappa shape index (κ2) is 14.3.